The Labute approximate surface area is 93.1 Å². The fraction of sp³-hybridized carbons (Fsp3) is 0.636. The third-order valence-electron chi connectivity index (χ3n) is 3.07. The molecule has 2 rings (SSSR count). The highest BCUT2D eigenvalue weighted by Gasteiger charge is 2.28. The number of fused-ring (bicyclic) bond motifs is 1. The molecule has 0 amide bonds. The van der Waals surface area contributed by atoms with Gasteiger partial charge in [-0.25, -0.2) is 9.18 Å². The Balaban J connectivity index is 2.44. The number of nitrogens with zero attached hydrogens (tertiary/aromatic N) is 2. The number of carboxylic acids is 1. The first-order valence-corrected chi connectivity index (χ1v) is 5.52. The van der Waals surface area contributed by atoms with Gasteiger partial charge in [0.1, 0.15) is 0 Å². The Morgan fingerprint density at radius 1 is 1.44 bits per heavy atom. The Morgan fingerprint density at radius 2 is 2.12 bits per heavy atom. The van der Waals surface area contributed by atoms with Crippen molar-refractivity contribution < 1.29 is 14.3 Å². The molecule has 0 radical (unpaired) electrons. The lowest BCUT2D eigenvalue weighted by Crippen LogP contribution is -2.12. The van der Waals surface area contributed by atoms with Crippen LogP contribution < -0.4 is 0 Å². The molecule has 1 heterocycles. The summed E-state index contributed by atoms with van der Waals surface area (Å²) in [6.07, 6.45) is 2.75. The van der Waals surface area contributed by atoms with Gasteiger partial charge in [0.25, 0.3) is 0 Å². The average molecular weight is 226 g/mol. The van der Waals surface area contributed by atoms with Crippen LogP contribution in [0.1, 0.15) is 42.4 Å². The zero-order chi connectivity index (χ0) is 11.7. The monoisotopic (exact) mass is 226 g/mol. The van der Waals surface area contributed by atoms with Gasteiger partial charge < -0.3 is 5.11 Å². The molecule has 1 unspecified atom stereocenters. The van der Waals surface area contributed by atoms with Gasteiger partial charge in [0.15, 0.2) is 0 Å². The van der Waals surface area contributed by atoms with E-state index in [1.54, 1.807) is 7.05 Å². The molecule has 1 aromatic rings. The van der Waals surface area contributed by atoms with Crippen molar-refractivity contribution in [3.63, 3.8) is 0 Å². The van der Waals surface area contributed by atoms with E-state index >= 15 is 0 Å². The summed E-state index contributed by atoms with van der Waals surface area (Å²) in [5, 5.41) is 13.0. The molecular formula is C11H15FN2O2. The quantitative estimate of drug-likeness (QED) is 0.782. The van der Waals surface area contributed by atoms with Crippen LogP contribution in [0.2, 0.25) is 0 Å². The maximum Gasteiger partial charge on any atom is 0.344 e. The van der Waals surface area contributed by atoms with Crippen molar-refractivity contribution in [3.05, 3.63) is 17.0 Å². The van der Waals surface area contributed by atoms with Crippen LogP contribution in [-0.2, 0) is 24.7 Å². The number of halogens is 1. The number of aromatic nitrogens is 2. The van der Waals surface area contributed by atoms with E-state index in [4.69, 9.17) is 5.11 Å². The number of aryl methyl sites for hydroxylation is 2. The predicted octanol–water partition coefficient (Wildman–Crippen LogP) is 1.78. The maximum atomic E-state index is 13.6. The summed E-state index contributed by atoms with van der Waals surface area (Å²) in [5.74, 6) is -1.44. The summed E-state index contributed by atoms with van der Waals surface area (Å²) < 4.78 is 15.0. The van der Waals surface area contributed by atoms with Crippen molar-refractivity contribution in [2.45, 2.75) is 38.3 Å². The number of carboxylic acid groups (broad SMARTS) is 1. The molecule has 0 saturated carbocycles. The molecule has 1 aromatic heterocycles. The standard InChI is InChI=1S/C11H15FN2O2/c1-14-10(9(12)11(15)16)7-5-3-2-4-6-8(7)13-14/h9H,2-6H2,1H3,(H,15,16). The summed E-state index contributed by atoms with van der Waals surface area (Å²) in [7, 11) is 1.61. The highest BCUT2D eigenvalue weighted by Crippen LogP contribution is 2.29. The predicted molar refractivity (Wildman–Crippen MR) is 56.0 cm³/mol. The molecule has 0 bridgehead atoms. The lowest BCUT2D eigenvalue weighted by atomic mass is 10.1. The van der Waals surface area contributed by atoms with E-state index in [0.717, 1.165) is 43.4 Å². The second kappa shape index (κ2) is 4.23. The van der Waals surface area contributed by atoms with Crippen LogP contribution in [0.4, 0.5) is 4.39 Å². The van der Waals surface area contributed by atoms with Gasteiger partial charge in [0.2, 0.25) is 6.17 Å². The van der Waals surface area contributed by atoms with E-state index in [1.807, 2.05) is 0 Å². The van der Waals surface area contributed by atoms with Crippen LogP contribution in [-0.4, -0.2) is 20.9 Å². The lowest BCUT2D eigenvalue weighted by molar-refractivity contribution is -0.143. The van der Waals surface area contributed by atoms with Gasteiger partial charge in [0.05, 0.1) is 11.4 Å². The molecule has 1 aliphatic rings. The van der Waals surface area contributed by atoms with Crippen molar-refractivity contribution in [2.24, 2.45) is 7.05 Å². The molecule has 1 aliphatic carbocycles. The number of rotatable bonds is 2. The maximum absolute atomic E-state index is 13.6. The van der Waals surface area contributed by atoms with E-state index < -0.39 is 12.1 Å². The van der Waals surface area contributed by atoms with E-state index in [2.05, 4.69) is 5.10 Å². The van der Waals surface area contributed by atoms with Crippen LogP contribution >= 0.6 is 0 Å². The van der Waals surface area contributed by atoms with E-state index in [-0.39, 0.29) is 5.69 Å². The van der Waals surface area contributed by atoms with Crippen molar-refractivity contribution >= 4 is 5.97 Å². The second-order valence-electron chi connectivity index (χ2n) is 4.20. The summed E-state index contributed by atoms with van der Waals surface area (Å²) in [6.45, 7) is 0. The largest absolute Gasteiger partial charge is 0.479 e. The lowest BCUT2D eigenvalue weighted by Gasteiger charge is -2.07. The molecule has 0 fully saturated rings. The Bertz CT molecular complexity index is 414. The fourth-order valence-electron chi connectivity index (χ4n) is 2.32. The van der Waals surface area contributed by atoms with Crippen molar-refractivity contribution in [2.75, 3.05) is 0 Å². The summed E-state index contributed by atoms with van der Waals surface area (Å²) in [5.41, 5.74) is 1.92. The third-order valence-corrected chi connectivity index (χ3v) is 3.07. The molecule has 1 atom stereocenters. The zero-order valence-corrected chi connectivity index (χ0v) is 9.24. The van der Waals surface area contributed by atoms with Crippen LogP contribution in [0.3, 0.4) is 0 Å². The van der Waals surface area contributed by atoms with Gasteiger partial charge in [-0.05, 0) is 25.7 Å². The first kappa shape index (κ1) is 11.1. The van der Waals surface area contributed by atoms with Crippen LogP contribution in [0, 0.1) is 0 Å². The smallest absolute Gasteiger partial charge is 0.344 e. The number of carbonyl (C=O) groups is 1. The SMILES string of the molecule is Cn1nc2c(c1C(F)C(=O)O)CCCCC2. The van der Waals surface area contributed by atoms with E-state index in [9.17, 15) is 9.18 Å². The Kier molecular flexibility index (Phi) is 2.94. The molecule has 0 aromatic carbocycles. The van der Waals surface area contributed by atoms with Crippen LogP contribution in [0.5, 0.6) is 0 Å². The number of aliphatic carboxylic acids is 1. The van der Waals surface area contributed by atoms with Gasteiger partial charge in [-0.3, -0.25) is 4.68 Å². The van der Waals surface area contributed by atoms with E-state index in [0.29, 0.717) is 0 Å². The van der Waals surface area contributed by atoms with Crippen molar-refractivity contribution in [1.82, 2.24) is 9.78 Å². The van der Waals surface area contributed by atoms with Gasteiger partial charge in [-0.2, -0.15) is 5.10 Å². The summed E-state index contributed by atoms with van der Waals surface area (Å²) in [6, 6.07) is 0. The molecule has 88 valence electrons. The minimum atomic E-state index is -1.96. The average Bonchev–Trinajstić information content (AvgIpc) is 2.41. The molecule has 5 heteroatoms. The fourth-order valence-corrected chi connectivity index (χ4v) is 2.32. The highest BCUT2D eigenvalue weighted by molar-refractivity contribution is 5.74. The van der Waals surface area contributed by atoms with Gasteiger partial charge in [-0.1, -0.05) is 6.42 Å². The highest BCUT2D eigenvalue weighted by atomic mass is 19.1. The van der Waals surface area contributed by atoms with E-state index in [1.165, 1.54) is 4.68 Å². The van der Waals surface area contributed by atoms with Crippen molar-refractivity contribution in [3.8, 4) is 0 Å². The molecular weight excluding hydrogens is 211 g/mol. The first-order valence-electron chi connectivity index (χ1n) is 5.52. The summed E-state index contributed by atoms with van der Waals surface area (Å²) >= 11 is 0. The minimum Gasteiger partial charge on any atom is -0.479 e. The zero-order valence-electron chi connectivity index (χ0n) is 9.24. The molecule has 1 N–H and O–H groups in total. The molecule has 0 aliphatic heterocycles. The molecule has 0 spiro atoms. The first-order chi connectivity index (χ1) is 7.61. The van der Waals surface area contributed by atoms with Crippen LogP contribution in [0.15, 0.2) is 0 Å². The third kappa shape index (κ3) is 1.81. The number of hydrogen-bond donors (Lipinski definition) is 1. The molecule has 0 saturated heterocycles. The Morgan fingerprint density at radius 3 is 2.81 bits per heavy atom. The molecule has 16 heavy (non-hydrogen) atoms. The van der Waals surface area contributed by atoms with Crippen molar-refractivity contribution in [1.29, 1.82) is 0 Å². The number of hydrogen-bond acceptors (Lipinski definition) is 2. The summed E-state index contributed by atoms with van der Waals surface area (Å²) in [4.78, 5) is 10.7. The second-order valence-corrected chi connectivity index (χ2v) is 4.20. The van der Waals surface area contributed by atoms with Crippen LogP contribution in [0.25, 0.3) is 0 Å². The van der Waals surface area contributed by atoms with Gasteiger partial charge >= 0.3 is 5.97 Å². The normalized spacial score (nSPS) is 17.6. The topological polar surface area (TPSA) is 55.1 Å². The Hall–Kier alpha value is -1.39. The molecule has 4 nitrogen and oxygen atoms in total. The number of alkyl halides is 1. The van der Waals surface area contributed by atoms with Gasteiger partial charge in [-0.15, -0.1) is 0 Å². The van der Waals surface area contributed by atoms with Gasteiger partial charge in [0, 0.05) is 12.6 Å². The minimum absolute atomic E-state index is 0.226.